The molecule has 4 heterocycles. The molecule has 33 heavy (non-hydrogen) atoms. The van der Waals surface area contributed by atoms with E-state index in [0.29, 0.717) is 59.7 Å². The Bertz CT molecular complexity index is 1310. The van der Waals surface area contributed by atoms with Gasteiger partial charge in [-0.05, 0) is 42.0 Å². The predicted molar refractivity (Wildman–Crippen MR) is 126 cm³/mol. The van der Waals surface area contributed by atoms with E-state index in [9.17, 15) is 4.79 Å². The number of nitrogens with zero attached hydrogens (tertiary/aromatic N) is 6. The van der Waals surface area contributed by atoms with E-state index in [1.54, 1.807) is 12.3 Å². The number of benzene rings is 1. The second kappa shape index (κ2) is 8.68. The van der Waals surface area contributed by atoms with Crippen molar-refractivity contribution in [3.05, 3.63) is 65.4 Å². The SMILES string of the molecule is Nc1ncccc1-c1nc2ccc(Cl)nc2n1-c1ccc(CN2CCN(C(=O)O)CC2)cc1. The van der Waals surface area contributed by atoms with Crippen LogP contribution in [0.3, 0.4) is 0 Å². The third kappa shape index (κ3) is 4.20. The van der Waals surface area contributed by atoms with Crippen molar-refractivity contribution in [3.8, 4) is 17.1 Å². The van der Waals surface area contributed by atoms with Crippen molar-refractivity contribution in [1.29, 1.82) is 0 Å². The number of imidazole rings is 1. The van der Waals surface area contributed by atoms with Gasteiger partial charge in [0.05, 0.1) is 5.56 Å². The average Bonchev–Trinajstić information content (AvgIpc) is 3.18. The zero-order valence-electron chi connectivity index (χ0n) is 17.7. The Morgan fingerprint density at radius 1 is 1.03 bits per heavy atom. The van der Waals surface area contributed by atoms with E-state index >= 15 is 0 Å². The molecule has 0 saturated carbocycles. The molecule has 0 atom stereocenters. The summed E-state index contributed by atoms with van der Waals surface area (Å²) in [6.45, 7) is 3.23. The molecule has 1 fully saturated rings. The number of halogens is 1. The van der Waals surface area contributed by atoms with E-state index in [2.05, 4.69) is 27.0 Å². The van der Waals surface area contributed by atoms with E-state index in [4.69, 9.17) is 27.4 Å². The van der Waals surface area contributed by atoms with Gasteiger partial charge in [-0.25, -0.2) is 19.7 Å². The molecule has 4 aromatic rings. The number of anilines is 1. The van der Waals surface area contributed by atoms with E-state index in [0.717, 1.165) is 17.8 Å². The van der Waals surface area contributed by atoms with E-state index in [-0.39, 0.29) is 0 Å². The number of piperazine rings is 1. The summed E-state index contributed by atoms with van der Waals surface area (Å²) in [5.41, 5.74) is 10.2. The summed E-state index contributed by atoms with van der Waals surface area (Å²) in [7, 11) is 0. The molecule has 168 valence electrons. The first-order valence-corrected chi connectivity index (χ1v) is 10.9. The van der Waals surface area contributed by atoms with Crippen LogP contribution in [0.15, 0.2) is 54.7 Å². The van der Waals surface area contributed by atoms with E-state index in [1.165, 1.54) is 4.90 Å². The number of carbonyl (C=O) groups is 1. The Labute approximate surface area is 195 Å². The van der Waals surface area contributed by atoms with Gasteiger partial charge >= 0.3 is 6.09 Å². The number of pyridine rings is 2. The highest BCUT2D eigenvalue weighted by Crippen LogP contribution is 2.31. The van der Waals surface area contributed by atoms with Crippen LogP contribution in [0, 0.1) is 0 Å². The van der Waals surface area contributed by atoms with Crippen molar-refractivity contribution < 1.29 is 9.90 Å². The van der Waals surface area contributed by atoms with Crippen LogP contribution in [0.1, 0.15) is 5.56 Å². The Morgan fingerprint density at radius 2 is 1.79 bits per heavy atom. The highest BCUT2D eigenvalue weighted by atomic mass is 35.5. The number of nitrogens with two attached hydrogens (primary N) is 1. The van der Waals surface area contributed by atoms with Crippen LogP contribution in [0.2, 0.25) is 5.15 Å². The van der Waals surface area contributed by atoms with Gasteiger partial charge < -0.3 is 15.7 Å². The molecule has 9 nitrogen and oxygen atoms in total. The second-order valence-corrected chi connectivity index (χ2v) is 8.28. The Kier molecular flexibility index (Phi) is 5.57. The van der Waals surface area contributed by atoms with Crippen LogP contribution >= 0.6 is 11.6 Å². The van der Waals surface area contributed by atoms with Crippen LogP contribution < -0.4 is 5.73 Å². The Morgan fingerprint density at radius 3 is 2.48 bits per heavy atom. The quantitative estimate of drug-likeness (QED) is 0.445. The Hall–Kier alpha value is -3.69. The number of nitrogen functional groups attached to an aromatic ring is 1. The van der Waals surface area contributed by atoms with Crippen molar-refractivity contribution in [1.82, 2.24) is 29.3 Å². The van der Waals surface area contributed by atoms with Crippen molar-refractivity contribution in [2.45, 2.75) is 6.54 Å². The smallest absolute Gasteiger partial charge is 0.407 e. The molecule has 0 unspecified atom stereocenters. The lowest BCUT2D eigenvalue weighted by Crippen LogP contribution is -2.47. The number of hydrogen-bond donors (Lipinski definition) is 2. The van der Waals surface area contributed by atoms with Crippen molar-refractivity contribution in [3.63, 3.8) is 0 Å². The molecule has 1 amide bonds. The largest absolute Gasteiger partial charge is 0.465 e. The number of rotatable bonds is 4. The van der Waals surface area contributed by atoms with Gasteiger partial charge in [0.25, 0.3) is 0 Å². The average molecular weight is 464 g/mol. The van der Waals surface area contributed by atoms with E-state index < -0.39 is 6.09 Å². The van der Waals surface area contributed by atoms with Crippen LogP contribution in [-0.4, -0.2) is 66.7 Å². The fourth-order valence-corrected chi connectivity index (χ4v) is 4.21. The minimum atomic E-state index is -0.856. The number of hydrogen-bond acceptors (Lipinski definition) is 6. The van der Waals surface area contributed by atoms with Gasteiger partial charge in [0.15, 0.2) is 11.5 Å². The summed E-state index contributed by atoms with van der Waals surface area (Å²) in [6.07, 6.45) is 0.789. The molecule has 0 bridgehead atoms. The molecule has 0 aliphatic carbocycles. The van der Waals surface area contributed by atoms with Gasteiger partial charge in [-0.2, -0.15) is 0 Å². The fourth-order valence-electron chi connectivity index (χ4n) is 4.07. The maximum absolute atomic E-state index is 11.1. The first kappa shape index (κ1) is 21.2. The van der Waals surface area contributed by atoms with Crippen LogP contribution in [-0.2, 0) is 6.54 Å². The van der Waals surface area contributed by atoms with Crippen molar-refractivity contribution >= 4 is 34.7 Å². The van der Waals surface area contributed by atoms with Gasteiger partial charge in [-0.3, -0.25) is 9.47 Å². The third-order valence-corrected chi connectivity index (χ3v) is 6.00. The molecule has 0 spiro atoms. The summed E-state index contributed by atoms with van der Waals surface area (Å²) in [5.74, 6) is 1.03. The molecule has 10 heteroatoms. The molecule has 5 rings (SSSR count). The van der Waals surface area contributed by atoms with Gasteiger partial charge in [0.1, 0.15) is 16.5 Å². The van der Waals surface area contributed by atoms with Crippen molar-refractivity contribution in [2.24, 2.45) is 0 Å². The minimum absolute atomic E-state index is 0.381. The number of aromatic nitrogens is 4. The monoisotopic (exact) mass is 463 g/mol. The predicted octanol–water partition coefficient (Wildman–Crippen LogP) is 3.51. The lowest BCUT2D eigenvalue weighted by Gasteiger charge is -2.33. The van der Waals surface area contributed by atoms with Crippen molar-refractivity contribution in [2.75, 3.05) is 31.9 Å². The van der Waals surface area contributed by atoms with Gasteiger partial charge in [0, 0.05) is 44.6 Å². The molecular formula is C23H22ClN7O2. The van der Waals surface area contributed by atoms with Crippen LogP contribution in [0.4, 0.5) is 10.6 Å². The molecule has 1 aromatic carbocycles. The topological polar surface area (TPSA) is 113 Å². The first-order chi connectivity index (χ1) is 16.0. The van der Waals surface area contributed by atoms with Gasteiger partial charge in [-0.15, -0.1) is 0 Å². The number of carboxylic acid groups (broad SMARTS) is 1. The van der Waals surface area contributed by atoms with Crippen LogP contribution in [0.5, 0.6) is 0 Å². The Balaban J connectivity index is 1.47. The zero-order valence-corrected chi connectivity index (χ0v) is 18.5. The molecule has 3 N–H and O–H groups in total. The zero-order chi connectivity index (χ0) is 22.9. The van der Waals surface area contributed by atoms with E-state index in [1.807, 2.05) is 34.9 Å². The minimum Gasteiger partial charge on any atom is -0.465 e. The maximum Gasteiger partial charge on any atom is 0.407 e. The third-order valence-electron chi connectivity index (χ3n) is 5.79. The summed E-state index contributed by atoms with van der Waals surface area (Å²) in [4.78, 5) is 28.3. The highest BCUT2D eigenvalue weighted by Gasteiger charge is 2.21. The molecule has 1 saturated heterocycles. The summed E-state index contributed by atoms with van der Waals surface area (Å²) < 4.78 is 1.93. The molecule has 1 aliphatic heterocycles. The van der Waals surface area contributed by atoms with Crippen LogP contribution in [0.25, 0.3) is 28.2 Å². The number of fused-ring (bicyclic) bond motifs is 1. The standard InChI is InChI=1S/C23H22ClN7O2/c24-19-8-7-18-22(28-19)31(21(27-18)17-2-1-9-26-20(17)25)16-5-3-15(4-6-16)14-29-10-12-30(13-11-29)23(32)33/h1-9H,10-14H2,(H2,25,26)(H,32,33). The first-order valence-electron chi connectivity index (χ1n) is 10.5. The molecule has 1 aliphatic rings. The normalized spacial score (nSPS) is 14.6. The van der Waals surface area contributed by atoms with Gasteiger partial charge in [0.2, 0.25) is 0 Å². The lowest BCUT2D eigenvalue weighted by molar-refractivity contribution is 0.103. The van der Waals surface area contributed by atoms with Gasteiger partial charge in [-0.1, -0.05) is 23.7 Å². The summed E-state index contributed by atoms with van der Waals surface area (Å²) >= 11 is 6.19. The second-order valence-electron chi connectivity index (χ2n) is 7.90. The number of amides is 1. The highest BCUT2D eigenvalue weighted by molar-refractivity contribution is 6.29. The molecule has 0 radical (unpaired) electrons. The lowest BCUT2D eigenvalue weighted by atomic mass is 10.1. The summed E-state index contributed by atoms with van der Waals surface area (Å²) in [5, 5.41) is 9.51. The molecule has 3 aromatic heterocycles. The summed E-state index contributed by atoms with van der Waals surface area (Å²) in [6, 6.07) is 15.4. The molecular weight excluding hydrogens is 442 g/mol. The fraction of sp³-hybridized carbons (Fsp3) is 0.217. The maximum atomic E-state index is 11.1.